The molecule has 5 heteroatoms. The quantitative estimate of drug-likeness (QED) is 0.938. The maximum Gasteiger partial charge on any atom is 0.266 e. The molecule has 0 aliphatic carbocycles. The minimum atomic E-state index is -0.368. The zero-order valence-corrected chi connectivity index (χ0v) is 12.6. The number of anilines is 1. The molecule has 0 unspecified atom stereocenters. The number of nitrogens with zero attached hydrogens (tertiary/aromatic N) is 3. The molecule has 1 N–H and O–H groups in total. The summed E-state index contributed by atoms with van der Waals surface area (Å²) in [6, 6.07) is 13.5. The Morgan fingerprint density at radius 3 is 2.50 bits per heavy atom. The first-order valence-corrected chi connectivity index (χ1v) is 6.89. The van der Waals surface area contributed by atoms with Crippen LogP contribution in [0.2, 0.25) is 0 Å². The Labute approximate surface area is 129 Å². The van der Waals surface area contributed by atoms with E-state index in [4.69, 9.17) is 5.26 Å². The topological polar surface area (TPSA) is 83.7 Å². The van der Waals surface area contributed by atoms with Crippen LogP contribution in [0.4, 0.5) is 5.69 Å². The minimum Gasteiger partial charge on any atom is -0.374 e. The van der Waals surface area contributed by atoms with Gasteiger partial charge in [0, 0.05) is 30.5 Å². The average Bonchev–Trinajstić information content (AvgIpc) is 2.52. The Bertz CT molecular complexity index is 807. The van der Waals surface area contributed by atoms with Crippen molar-refractivity contribution in [1.82, 2.24) is 4.98 Å². The van der Waals surface area contributed by atoms with Gasteiger partial charge in [0.25, 0.3) is 5.56 Å². The highest BCUT2D eigenvalue weighted by Gasteiger charge is 2.10. The number of nitriles is 2. The Hall–Kier alpha value is -3.05. The second-order valence-corrected chi connectivity index (χ2v) is 5.06. The van der Waals surface area contributed by atoms with Crippen molar-refractivity contribution in [3.8, 4) is 23.3 Å². The monoisotopic (exact) mass is 292 g/mol. The normalized spacial score (nSPS) is 9.82. The molecule has 0 aliphatic heterocycles. The number of benzene rings is 1. The second-order valence-electron chi connectivity index (χ2n) is 5.06. The van der Waals surface area contributed by atoms with Gasteiger partial charge in [0.15, 0.2) is 0 Å². The van der Waals surface area contributed by atoms with E-state index in [1.54, 1.807) is 13.0 Å². The molecule has 1 aromatic carbocycles. The fraction of sp³-hybridized carbons (Fsp3) is 0.235. The molecule has 110 valence electrons. The van der Waals surface area contributed by atoms with E-state index >= 15 is 0 Å². The maximum absolute atomic E-state index is 11.8. The van der Waals surface area contributed by atoms with Crippen LogP contribution in [0.1, 0.15) is 17.7 Å². The van der Waals surface area contributed by atoms with E-state index in [0.29, 0.717) is 24.2 Å². The van der Waals surface area contributed by atoms with Crippen molar-refractivity contribution in [3.05, 3.63) is 51.9 Å². The van der Waals surface area contributed by atoms with Gasteiger partial charge in [0.05, 0.1) is 12.5 Å². The lowest BCUT2D eigenvalue weighted by molar-refractivity contribution is 0.905. The molecule has 0 saturated heterocycles. The number of hydrogen-bond donors (Lipinski definition) is 1. The highest BCUT2D eigenvalue weighted by molar-refractivity contribution is 5.72. The SMILES string of the molecule is Cc1cc(-c2ccc(N(C)CCC#N)cc2)c(C#N)c(=O)[nH]1. The number of rotatable bonds is 4. The van der Waals surface area contributed by atoms with E-state index in [-0.39, 0.29) is 11.1 Å². The molecule has 0 bridgehead atoms. The Kier molecular flexibility index (Phi) is 4.60. The summed E-state index contributed by atoms with van der Waals surface area (Å²) in [5, 5.41) is 17.8. The molecule has 0 saturated carbocycles. The van der Waals surface area contributed by atoms with Gasteiger partial charge in [-0.3, -0.25) is 4.79 Å². The molecular formula is C17H16N4O. The van der Waals surface area contributed by atoms with Crippen molar-refractivity contribution in [2.45, 2.75) is 13.3 Å². The van der Waals surface area contributed by atoms with Gasteiger partial charge >= 0.3 is 0 Å². The zero-order valence-electron chi connectivity index (χ0n) is 12.6. The van der Waals surface area contributed by atoms with Crippen LogP contribution in [0.25, 0.3) is 11.1 Å². The molecule has 0 radical (unpaired) electrons. The van der Waals surface area contributed by atoms with Gasteiger partial charge in [-0.05, 0) is 30.7 Å². The number of aryl methyl sites for hydroxylation is 1. The van der Waals surface area contributed by atoms with Gasteiger partial charge in [-0.1, -0.05) is 12.1 Å². The first-order valence-electron chi connectivity index (χ1n) is 6.89. The number of H-pyrrole nitrogens is 1. The van der Waals surface area contributed by atoms with Crippen LogP contribution in [0.3, 0.4) is 0 Å². The summed E-state index contributed by atoms with van der Waals surface area (Å²) >= 11 is 0. The molecule has 1 heterocycles. The molecule has 0 amide bonds. The van der Waals surface area contributed by atoms with Crippen LogP contribution in [-0.2, 0) is 0 Å². The standard InChI is InChI=1S/C17H16N4O/c1-12-10-15(16(11-19)17(22)20-12)13-4-6-14(7-5-13)21(2)9-3-8-18/h4-7,10H,3,9H2,1-2H3,(H,20,22). The van der Waals surface area contributed by atoms with E-state index in [2.05, 4.69) is 11.1 Å². The summed E-state index contributed by atoms with van der Waals surface area (Å²) in [7, 11) is 1.92. The summed E-state index contributed by atoms with van der Waals surface area (Å²) in [6.07, 6.45) is 0.462. The van der Waals surface area contributed by atoms with Crippen molar-refractivity contribution >= 4 is 5.69 Å². The molecule has 0 fully saturated rings. The number of aromatic amines is 1. The number of pyridine rings is 1. The van der Waals surface area contributed by atoms with E-state index in [0.717, 1.165) is 11.3 Å². The van der Waals surface area contributed by atoms with Gasteiger partial charge in [0.2, 0.25) is 0 Å². The van der Waals surface area contributed by atoms with Crippen LogP contribution < -0.4 is 10.5 Å². The summed E-state index contributed by atoms with van der Waals surface area (Å²) < 4.78 is 0. The predicted octanol–water partition coefficient (Wildman–Crippen LogP) is 2.57. The van der Waals surface area contributed by atoms with Gasteiger partial charge in [-0.2, -0.15) is 10.5 Å². The first kappa shape index (κ1) is 15.3. The Morgan fingerprint density at radius 2 is 1.91 bits per heavy atom. The average molecular weight is 292 g/mol. The summed E-state index contributed by atoms with van der Waals surface area (Å²) in [4.78, 5) is 16.5. The number of aromatic nitrogens is 1. The second kappa shape index (κ2) is 6.60. The lowest BCUT2D eigenvalue weighted by atomic mass is 10.0. The first-order chi connectivity index (χ1) is 10.6. The fourth-order valence-electron chi connectivity index (χ4n) is 2.27. The van der Waals surface area contributed by atoms with Gasteiger partial charge in [-0.25, -0.2) is 0 Å². The smallest absolute Gasteiger partial charge is 0.266 e. The third kappa shape index (κ3) is 3.16. The third-order valence-corrected chi connectivity index (χ3v) is 3.46. The van der Waals surface area contributed by atoms with Crippen molar-refractivity contribution < 1.29 is 0 Å². The van der Waals surface area contributed by atoms with Crippen LogP contribution in [0, 0.1) is 29.6 Å². The molecule has 0 aliphatic rings. The van der Waals surface area contributed by atoms with Crippen LogP contribution in [-0.4, -0.2) is 18.6 Å². The predicted molar refractivity (Wildman–Crippen MR) is 85.5 cm³/mol. The Morgan fingerprint density at radius 1 is 1.23 bits per heavy atom. The number of nitrogens with one attached hydrogen (secondary N) is 1. The maximum atomic E-state index is 11.8. The molecule has 0 atom stereocenters. The molecule has 5 nitrogen and oxygen atoms in total. The molecule has 1 aromatic heterocycles. The molecule has 22 heavy (non-hydrogen) atoms. The van der Waals surface area contributed by atoms with Crippen molar-refractivity contribution in [3.63, 3.8) is 0 Å². The van der Waals surface area contributed by atoms with E-state index in [1.165, 1.54) is 0 Å². The minimum absolute atomic E-state index is 0.121. The Balaban J connectivity index is 2.38. The van der Waals surface area contributed by atoms with Crippen molar-refractivity contribution in [2.75, 3.05) is 18.5 Å². The van der Waals surface area contributed by atoms with Crippen molar-refractivity contribution in [1.29, 1.82) is 10.5 Å². The molecule has 2 rings (SSSR count). The lowest BCUT2D eigenvalue weighted by Crippen LogP contribution is -2.17. The van der Waals surface area contributed by atoms with Crippen LogP contribution in [0.15, 0.2) is 35.1 Å². The van der Waals surface area contributed by atoms with Crippen LogP contribution >= 0.6 is 0 Å². The largest absolute Gasteiger partial charge is 0.374 e. The lowest BCUT2D eigenvalue weighted by Gasteiger charge is -2.18. The molecular weight excluding hydrogens is 276 g/mol. The van der Waals surface area contributed by atoms with Gasteiger partial charge in [0.1, 0.15) is 11.6 Å². The van der Waals surface area contributed by atoms with E-state index < -0.39 is 0 Å². The molecule has 0 spiro atoms. The van der Waals surface area contributed by atoms with Crippen LogP contribution in [0.5, 0.6) is 0 Å². The highest BCUT2D eigenvalue weighted by Crippen LogP contribution is 2.24. The zero-order chi connectivity index (χ0) is 16.1. The highest BCUT2D eigenvalue weighted by atomic mass is 16.1. The summed E-state index contributed by atoms with van der Waals surface area (Å²) in [5.41, 5.74) is 2.91. The third-order valence-electron chi connectivity index (χ3n) is 3.46. The fourth-order valence-corrected chi connectivity index (χ4v) is 2.27. The summed E-state index contributed by atoms with van der Waals surface area (Å²) in [5.74, 6) is 0. The van der Waals surface area contributed by atoms with Gasteiger partial charge < -0.3 is 9.88 Å². The summed E-state index contributed by atoms with van der Waals surface area (Å²) in [6.45, 7) is 2.44. The van der Waals surface area contributed by atoms with Crippen molar-refractivity contribution in [2.24, 2.45) is 0 Å². The van der Waals surface area contributed by atoms with Gasteiger partial charge in [-0.15, -0.1) is 0 Å². The van der Waals surface area contributed by atoms with E-state index in [9.17, 15) is 10.1 Å². The molecule has 2 aromatic rings. The number of hydrogen-bond acceptors (Lipinski definition) is 4. The van der Waals surface area contributed by atoms with E-state index in [1.807, 2.05) is 42.3 Å².